The Bertz CT molecular complexity index is 1440. The van der Waals surface area contributed by atoms with Crippen LogP contribution in [-0.4, -0.2) is 68.8 Å². The van der Waals surface area contributed by atoms with Gasteiger partial charge in [-0.1, -0.05) is 49.8 Å². The molecule has 11 nitrogen and oxygen atoms in total. The van der Waals surface area contributed by atoms with E-state index in [1.807, 2.05) is 0 Å². The zero-order valence-corrected chi connectivity index (χ0v) is 25.6. The van der Waals surface area contributed by atoms with Crippen molar-refractivity contribution in [1.82, 2.24) is 5.32 Å². The van der Waals surface area contributed by atoms with Crippen molar-refractivity contribution in [2.45, 2.75) is 89.4 Å². The molecule has 4 aliphatic carbocycles. The highest BCUT2D eigenvalue weighted by Crippen LogP contribution is 2.66. The van der Waals surface area contributed by atoms with Crippen molar-refractivity contribution in [1.29, 1.82) is 0 Å². The van der Waals surface area contributed by atoms with E-state index in [0.29, 0.717) is 37.7 Å². The highest BCUT2D eigenvalue weighted by Gasteiger charge is 2.68. The first-order valence-electron chi connectivity index (χ1n) is 15.6. The third kappa shape index (κ3) is 5.76. The smallest absolute Gasteiger partial charge is 0.329 e. The summed E-state index contributed by atoms with van der Waals surface area (Å²) in [6.45, 7) is 3.13. The Morgan fingerprint density at radius 3 is 2.42 bits per heavy atom. The molecule has 1 aromatic carbocycles. The lowest BCUT2D eigenvalue weighted by Crippen LogP contribution is -2.61. The molecule has 1 amide bonds. The molecule has 0 spiro atoms. The van der Waals surface area contributed by atoms with Gasteiger partial charge in [-0.15, -0.1) is 0 Å². The Balaban J connectivity index is 1.17. The Kier molecular flexibility index (Phi) is 8.89. The summed E-state index contributed by atoms with van der Waals surface area (Å²) in [5.41, 5.74) is -1.96. The Hall–Kier alpha value is -3.70. The number of nitrogens with one attached hydrogen (secondary N) is 1. The number of aliphatic hydroxyl groups excluding tert-OH is 1. The molecule has 5 rings (SSSR count). The number of ketones is 3. The van der Waals surface area contributed by atoms with Crippen LogP contribution in [0.4, 0.5) is 0 Å². The number of hydrogen-bond acceptors (Lipinski definition) is 9. The van der Waals surface area contributed by atoms with Crippen LogP contribution in [0.1, 0.15) is 83.3 Å². The standard InChI is InChI=1S/C34H41NO10/c1-32-14-12-21(36)16-20(32)8-9-22-23-13-15-34(44,33(23,2)17-24(37)28(22)32)25(38)18-45-27(40)11-10-26(39)35-29(31(42)43)30(41)19-6-4-3-5-7-19/h3-7,16,22-23,28-30,41,44H,8-15,17-18H2,1-2H3,(H,35,39)(H,42,43)/t22-,23+,28-,29-,30+,32-,33+,34-/m0/s1. The molecule has 0 aromatic heterocycles. The number of fused-ring (bicyclic) bond motifs is 5. The number of Topliss-reactive ketones (excluding diaryl/α,β-unsaturated/α-hetero) is 2. The zero-order valence-electron chi connectivity index (χ0n) is 25.6. The van der Waals surface area contributed by atoms with E-state index in [-0.39, 0.29) is 42.2 Å². The molecule has 4 N–H and O–H groups in total. The topological polar surface area (TPSA) is 184 Å². The minimum absolute atomic E-state index is 0.00520. The van der Waals surface area contributed by atoms with Gasteiger partial charge in [0.25, 0.3) is 0 Å². The number of aliphatic hydroxyl groups is 2. The third-order valence-electron chi connectivity index (χ3n) is 11.2. The number of allylic oxidation sites excluding steroid dienone is 1. The van der Waals surface area contributed by atoms with Crippen molar-refractivity contribution < 1.29 is 48.8 Å². The van der Waals surface area contributed by atoms with Crippen molar-refractivity contribution >= 4 is 35.2 Å². The average Bonchev–Trinajstić information content (AvgIpc) is 3.28. The van der Waals surface area contributed by atoms with Gasteiger partial charge < -0.3 is 25.4 Å². The van der Waals surface area contributed by atoms with Crippen LogP contribution in [0.3, 0.4) is 0 Å². The largest absolute Gasteiger partial charge is 0.480 e. The van der Waals surface area contributed by atoms with Crippen LogP contribution in [-0.2, 0) is 33.5 Å². The van der Waals surface area contributed by atoms with E-state index < -0.39 is 71.7 Å². The first kappa shape index (κ1) is 32.7. The summed E-state index contributed by atoms with van der Waals surface area (Å²) in [6.07, 6.45) is 2.45. The molecule has 4 aliphatic rings. The van der Waals surface area contributed by atoms with Gasteiger partial charge in [-0.2, -0.15) is 0 Å². The Morgan fingerprint density at radius 1 is 1.02 bits per heavy atom. The lowest BCUT2D eigenvalue weighted by molar-refractivity contribution is -0.173. The average molecular weight is 624 g/mol. The van der Waals surface area contributed by atoms with E-state index in [1.165, 1.54) is 12.1 Å². The predicted octanol–water partition coefficient (Wildman–Crippen LogP) is 2.62. The van der Waals surface area contributed by atoms with Gasteiger partial charge in [0, 0.05) is 30.6 Å². The van der Waals surface area contributed by atoms with E-state index in [0.717, 1.165) is 5.57 Å². The molecule has 242 valence electrons. The second-order valence-corrected chi connectivity index (χ2v) is 13.6. The number of aliphatic carboxylic acids is 1. The third-order valence-corrected chi connectivity index (χ3v) is 11.2. The molecular formula is C34H41NO10. The molecular weight excluding hydrogens is 582 g/mol. The normalized spacial score (nSPS) is 33.5. The lowest BCUT2D eigenvalue weighted by Gasteiger charge is -2.57. The number of carbonyl (C=O) groups excluding carboxylic acids is 5. The first-order valence-corrected chi connectivity index (χ1v) is 15.6. The maximum absolute atomic E-state index is 13.8. The fraction of sp³-hybridized carbons (Fsp3) is 0.588. The molecule has 45 heavy (non-hydrogen) atoms. The molecule has 3 fully saturated rings. The zero-order chi connectivity index (χ0) is 32.7. The van der Waals surface area contributed by atoms with Gasteiger partial charge in [-0.05, 0) is 61.0 Å². The molecule has 0 aliphatic heterocycles. The molecule has 0 heterocycles. The Labute approximate surface area is 261 Å². The van der Waals surface area contributed by atoms with Gasteiger partial charge in [0.2, 0.25) is 11.7 Å². The minimum Gasteiger partial charge on any atom is -0.480 e. The van der Waals surface area contributed by atoms with Crippen LogP contribution in [0.5, 0.6) is 0 Å². The van der Waals surface area contributed by atoms with Crippen LogP contribution in [0.15, 0.2) is 42.0 Å². The summed E-state index contributed by atoms with van der Waals surface area (Å²) >= 11 is 0. The van der Waals surface area contributed by atoms with Crippen LogP contribution >= 0.6 is 0 Å². The summed E-state index contributed by atoms with van der Waals surface area (Å²) in [7, 11) is 0. The van der Waals surface area contributed by atoms with Crippen LogP contribution < -0.4 is 5.32 Å². The molecule has 1 aromatic rings. The van der Waals surface area contributed by atoms with Gasteiger partial charge in [0.15, 0.2) is 18.4 Å². The van der Waals surface area contributed by atoms with Crippen molar-refractivity contribution in [3.8, 4) is 0 Å². The highest BCUT2D eigenvalue weighted by molar-refractivity contribution is 5.95. The SMILES string of the molecule is C[C@]12CCC(=O)C=C1CC[C@@H]1[C@H]2C(=O)C[C@]2(C)[C@@H]1CC[C@]2(O)C(=O)COC(=O)CCC(=O)N[C@H](C(=O)O)[C@H](O)c1ccccc1. The van der Waals surface area contributed by atoms with Gasteiger partial charge in [0.05, 0.1) is 6.42 Å². The van der Waals surface area contributed by atoms with E-state index >= 15 is 0 Å². The molecule has 0 bridgehead atoms. The predicted molar refractivity (Wildman–Crippen MR) is 158 cm³/mol. The number of carbonyl (C=O) groups is 6. The molecule has 0 unspecified atom stereocenters. The second-order valence-electron chi connectivity index (χ2n) is 13.6. The van der Waals surface area contributed by atoms with Gasteiger partial charge >= 0.3 is 11.9 Å². The van der Waals surface area contributed by atoms with Crippen molar-refractivity contribution in [2.75, 3.05) is 6.61 Å². The number of ether oxygens (including phenoxy) is 1. The lowest BCUT2D eigenvalue weighted by atomic mass is 9.46. The quantitative estimate of drug-likeness (QED) is 0.283. The Morgan fingerprint density at radius 2 is 1.73 bits per heavy atom. The number of carboxylic acid groups (broad SMARTS) is 1. The van der Waals surface area contributed by atoms with Crippen LogP contribution in [0.25, 0.3) is 0 Å². The number of rotatable bonds is 10. The molecule has 11 heteroatoms. The minimum atomic E-state index is -1.86. The van der Waals surface area contributed by atoms with Crippen molar-refractivity contribution in [3.63, 3.8) is 0 Å². The van der Waals surface area contributed by atoms with Crippen molar-refractivity contribution in [3.05, 3.63) is 47.5 Å². The number of benzene rings is 1. The highest BCUT2D eigenvalue weighted by atomic mass is 16.5. The van der Waals surface area contributed by atoms with E-state index in [9.17, 15) is 44.1 Å². The first-order chi connectivity index (χ1) is 21.2. The summed E-state index contributed by atoms with van der Waals surface area (Å²) in [4.78, 5) is 75.9. The molecule has 8 atom stereocenters. The van der Waals surface area contributed by atoms with Gasteiger partial charge in [-0.3, -0.25) is 24.0 Å². The molecule has 0 radical (unpaired) electrons. The van der Waals surface area contributed by atoms with Crippen molar-refractivity contribution in [2.24, 2.45) is 28.6 Å². The molecule has 3 saturated carbocycles. The monoisotopic (exact) mass is 623 g/mol. The van der Waals surface area contributed by atoms with Gasteiger partial charge in [-0.25, -0.2) is 4.79 Å². The van der Waals surface area contributed by atoms with E-state index in [4.69, 9.17) is 4.74 Å². The van der Waals surface area contributed by atoms with E-state index in [1.54, 1.807) is 31.2 Å². The second kappa shape index (κ2) is 12.2. The summed E-state index contributed by atoms with van der Waals surface area (Å²) < 4.78 is 5.14. The van der Waals surface area contributed by atoms with E-state index in [2.05, 4.69) is 12.2 Å². The molecule has 0 saturated heterocycles. The number of hydrogen-bond donors (Lipinski definition) is 4. The summed E-state index contributed by atoms with van der Waals surface area (Å²) in [5, 5.41) is 33.9. The summed E-state index contributed by atoms with van der Waals surface area (Å²) in [5.74, 6) is -4.12. The fourth-order valence-electron chi connectivity index (χ4n) is 8.76. The maximum atomic E-state index is 13.8. The fourth-order valence-corrected chi connectivity index (χ4v) is 8.76. The number of esters is 1. The number of carboxylic acids is 1. The van der Waals surface area contributed by atoms with Crippen LogP contribution in [0, 0.1) is 28.6 Å². The van der Waals surface area contributed by atoms with Crippen LogP contribution in [0.2, 0.25) is 0 Å². The maximum Gasteiger partial charge on any atom is 0.329 e. The van der Waals surface area contributed by atoms with Gasteiger partial charge in [0.1, 0.15) is 17.5 Å². The number of amides is 1. The summed E-state index contributed by atoms with van der Waals surface area (Å²) in [6, 6.07) is 6.33.